The fourth-order valence-electron chi connectivity index (χ4n) is 0.493. The van der Waals surface area contributed by atoms with Gasteiger partial charge in [-0.3, -0.25) is 0 Å². The van der Waals surface area contributed by atoms with Gasteiger partial charge in [0.15, 0.2) is 4.34 Å². The Morgan fingerprint density at radius 2 is 2.45 bits per heavy atom. The maximum absolute atomic E-state index is 5.35. The van der Waals surface area contributed by atoms with E-state index in [0.29, 0.717) is 0 Å². The Balaban J connectivity index is 2.38. The van der Waals surface area contributed by atoms with E-state index in [4.69, 9.17) is 11.6 Å². The van der Waals surface area contributed by atoms with Crippen molar-refractivity contribution in [3.05, 3.63) is 16.6 Å². The smallest absolute Gasteiger partial charge is 0.143 e. The number of halogens is 1. The quantitative estimate of drug-likeness (QED) is 0.712. The van der Waals surface area contributed by atoms with E-state index < -0.39 is 0 Å². The molecule has 5 heteroatoms. The number of nitrogens with zero attached hydrogens (tertiary/aromatic N) is 2. The molecular formula is C6H7ClN2S2. The molecule has 0 spiro atoms. The van der Waals surface area contributed by atoms with Crippen LogP contribution in [0.25, 0.3) is 0 Å². The van der Waals surface area contributed by atoms with Gasteiger partial charge in [0.1, 0.15) is 5.01 Å². The molecule has 0 saturated carbocycles. The van der Waals surface area contributed by atoms with Crippen molar-refractivity contribution in [2.45, 2.75) is 11.3 Å². The first-order chi connectivity index (χ1) is 5.33. The summed E-state index contributed by atoms with van der Waals surface area (Å²) in [7, 11) is 0. The molecule has 1 aromatic rings. The summed E-state index contributed by atoms with van der Waals surface area (Å²) in [6.07, 6.45) is 1.88. The van der Waals surface area contributed by atoms with Crippen LogP contribution in [0.15, 0.2) is 16.0 Å². The normalized spacial score (nSPS) is 11.1. The van der Waals surface area contributed by atoms with Gasteiger partial charge in [-0.1, -0.05) is 40.8 Å². The predicted octanol–water partition coefficient (Wildman–Crippen LogP) is 2.69. The first kappa shape index (κ1) is 9.03. The Kier molecular flexibility index (Phi) is 3.90. The lowest BCUT2D eigenvalue weighted by molar-refractivity contribution is 0.985. The molecule has 1 aromatic heterocycles. The number of hydrogen-bond donors (Lipinski definition) is 0. The Morgan fingerprint density at radius 1 is 1.64 bits per heavy atom. The number of rotatable bonds is 3. The van der Waals surface area contributed by atoms with Gasteiger partial charge in [-0.2, -0.15) is 0 Å². The van der Waals surface area contributed by atoms with Crippen molar-refractivity contribution in [1.29, 1.82) is 0 Å². The van der Waals surface area contributed by atoms with Crippen LogP contribution in [0.4, 0.5) is 0 Å². The van der Waals surface area contributed by atoms with Crippen LogP contribution in [0.1, 0.15) is 5.01 Å². The van der Waals surface area contributed by atoms with Gasteiger partial charge in [-0.25, -0.2) is 0 Å². The lowest BCUT2D eigenvalue weighted by Gasteiger charge is -1.85. The average Bonchev–Trinajstić information content (AvgIpc) is 2.37. The van der Waals surface area contributed by atoms with Crippen LogP contribution in [0.5, 0.6) is 0 Å². The molecule has 0 unspecified atom stereocenters. The Bertz CT molecular complexity index is 246. The first-order valence-electron chi connectivity index (χ1n) is 3.01. The molecule has 0 N–H and O–H groups in total. The number of aryl methyl sites for hydroxylation is 1. The van der Waals surface area contributed by atoms with Gasteiger partial charge in [0.25, 0.3) is 0 Å². The van der Waals surface area contributed by atoms with Crippen LogP contribution in [0.3, 0.4) is 0 Å². The standard InChI is InChI=1S/C6H7ClN2S2/c1-5-8-9-6(11-5)10-4-2-3-7/h2-3H,4H2,1H3/b3-2+. The van der Waals surface area contributed by atoms with Gasteiger partial charge in [-0.15, -0.1) is 10.2 Å². The van der Waals surface area contributed by atoms with Crippen molar-refractivity contribution in [3.8, 4) is 0 Å². The molecule has 0 atom stereocenters. The van der Waals surface area contributed by atoms with Crippen molar-refractivity contribution in [3.63, 3.8) is 0 Å². The summed E-state index contributed by atoms with van der Waals surface area (Å²) in [4.78, 5) is 0. The van der Waals surface area contributed by atoms with Crippen molar-refractivity contribution in [2.75, 3.05) is 5.75 Å². The molecule has 0 radical (unpaired) electrons. The molecule has 0 fully saturated rings. The molecule has 11 heavy (non-hydrogen) atoms. The average molecular weight is 207 g/mol. The van der Waals surface area contributed by atoms with Crippen LogP contribution >= 0.6 is 34.7 Å². The second kappa shape index (κ2) is 4.74. The van der Waals surface area contributed by atoms with E-state index in [1.807, 2.05) is 13.0 Å². The largest absolute Gasteiger partial charge is 0.174 e. The molecule has 0 aliphatic carbocycles. The summed E-state index contributed by atoms with van der Waals surface area (Å²) >= 11 is 8.59. The molecular weight excluding hydrogens is 200 g/mol. The number of aromatic nitrogens is 2. The zero-order valence-electron chi connectivity index (χ0n) is 5.95. The Labute approximate surface area is 78.7 Å². The van der Waals surface area contributed by atoms with Crippen molar-refractivity contribution >= 4 is 34.7 Å². The molecule has 1 heterocycles. The van der Waals surface area contributed by atoms with Crippen molar-refractivity contribution in [1.82, 2.24) is 10.2 Å². The highest BCUT2D eigenvalue weighted by molar-refractivity contribution is 8.01. The minimum absolute atomic E-state index is 0.859. The first-order valence-corrected chi connectivity index (χ1v) is 5.25. The Hall–Kier alpha value is -0.0600. The fraction of sp³-hybridized carbons (Fsp3) is 0.333. The minimum Gasteiger partial charge on any atom is -0.143 e. The molecule has 0 amide bonds. The molecule has 0 aliphatic heterocycles. The molecule has 60 valence electrons. The highest BCUT2D eigenvalue weighted by Crippen LogP contribution is 2.21. The molecule has 0 aromatic carbocycles. The molecule has 0 saturated heterocycles. The molecule has 0 bridgehead atoms. The van der Waals surface area contributed by atoms with Gasteiger partial charge in [0.05, 0.1) is 0 Å². The van der Waals surface area contributed by atoms with Crippen molar-refractivity contribution < 1.29 is 0 Å². The van der Waals surface area contributed by atoms with Gasteiger partial charge >= 0.3 is 0 Å². The fourth-order valence-corrected chi connectivity index (χ4v) is 2.34. The maximum Gasteiger partial charge on any atom is 0.174 e. The van der Waals surface area contributed by atoms with E-state index in [1.54, 1.807) is 23.1 Å². The molecule has 0 aliphatic rings. The SMILES string of the molecule is Cc1nnc(SC/C=C/Cl)s1. The van der Waals surface area contributed by atoms with E-state index in [2.05, 4.69) is 10.2 Å². The monoisotopic (exact) mass is 206 g/mol. The van der Waals surface area contributed by atoms with Gasteiger partial charge in [0.2, 0.25) is 0 Å². The van der Waals surface area contributed by atoms with Gasteiger partial charge < -0.3 is 0 Å². The Morgan fingerprint density at radius 3 is 3.00 bits per heavy atom. The summed E-state index contributed by atoms with van der Waals surface area (Å²) in [5.41, 5.74) is 1.51. The van der Waals surface area contributed by atoms with Gasteiger partial charge in [-0.05, 0) is 6.92 Å². The molecule has 2 nitrogen and oxygen atoms in total. The second-order valence-electron chi connectivity index (χ2n) is 1.76. The summed E-state index contributed by atoms with van der Waals surface area (Å²) < 4.78 is 0.997. The van der Waals surface area contributed by atoms with Crippen LogP contribution in [0.2, 0.25) is 0 Å². The predicted molar refractivity (Wildman–Crippen MR) is 50.4 cm³/mol. The van der Waals surface area contributed by atoms with Crippen LogP contribution in [0, 0.1) is 6.92 Å². The zero-order chi connectivity index (χ0) is 8.10. The second-order valence-corrected chi connectivity index (χ2v) is 4.46. The summed E-state index contributed by atoms with van der Waals surface area (Å²) in [5.74, 6) is 0.859. The summed E-state index contributed by atoms with van der Waals surface area (Å²) in [5, 5.41) is 8.83. The third-order valence-corrected chi connectivity index (χ3v) is 3.00. The lowest BCUT2D eigenvalue weighted by Crippen LogP contribution is -1.72. The highest BCUT2D eigenvalue weighted by Gasteiger charge is 1.97. The lowest BCUT2D eigenvalue weighted by atomic mass is 10.8. The maximum atomic E-state index is 5.35. The van der Waals surface area contributed by atoms with Gasteiger partial charge in [0, 0.05) is 11.3 Å². The summed E-state index contributed by atoms with van der Waals surface area (Å²) in [6.45, 7) is 1.94. The zero-order valence-corrected chi connectivity index (χ0v) is 8.34. The number of hydrogen-bond acceptors (Lipinski definition) is 4. The van der Waals surface area contributed by atoms with Crippen LogP contribution in [-0.2, 0) is 0 Å². The van der Waals surface area contributed by atoms with E-state index in [9.17, 15) is 0 Å². The van der Waals surface area contributed by atoms with E-state index in [0.717, 1.165) is 15.1 Å². The van der Waals surface area contributed by atoms with Crippen LogP contribution < -0.4 is 0 Å². The van der Waals surface area contributed by atoms with E-state index >= 15 is 0 Å². The van der Waals surface area contributed by atoms with E-state index in [-0.39, 0.29) is 0 Å². The van der Waals surface area contributed by atoms with E-state index in [1.165, 1.54) is 5.54 Å². The molecule has 1 rings (SSSR count). The third-order valence-electron chi connectivity index (χ3n) is 0.900. The topological polar surface area (TPSA) is 25.8 Å². The van der Waals surface area contributed by atoms with Crippen LogP contribution in [-0.4, -0.2) is 16.0 Å². The summed E-state index contributed by atoms with van der Waals surface area (Å²) in [6, 6.07) is 0. The highest BCUT2D eigenvalue weighted by atomic mass is 35.5. The van der Waals surface area contributed by atoms with Crippen molar-refractivity contribution in [2.24, 2.45) is 0 Å². The minimum atomic E-state index is 0.859. The third kappa shape index (κ3) is 3.22. The number of thioether (sulfide) groups is 1.